The molecule has 0 radical (unpaired) electrons. The van der Waals surface area contributed by atoms with Gasteiger partial charge in [-0.25, -0.2) is 4.99 Å². The van der Waals surface area contributed by atoms with Crippen LogP contribution in [0.1, 0.15) is 18.1 Å². The minimum Gasteiger partial charge on any atom is -0.358 e. The van der Waals surface area contributed by atoms with Gasteiger partial charge in [-0.1, -0.05) is 18.5 Å². The van der Waals surface area contributed by atoms with Crippen molar-refractivity contribution in [2.45, 2.75) is 13.1 Å². The van der Waals surface area contributed by atoms with Crippen LogP contribution >= 0.6 is 11.6 Å². The summed E-state index contributed by atoms with van der Waals surface area (Å²) in [6.45, 7) is 4.24. The molecule has 0 aliphatic carbocycles. The lowest BCUT2D eigenvalue weighted by Crippen LogP contribution is -2.34. The average Bonchev–Trinajstić information content (AvgIpc) is 2.76. The van der Waals surface area contributed by atoms with Crippen molar-refractivity contribution in [3.8, 4) is 0 Å². The van der Waals surface area contributed by atoms with Crippen molar-refractivity contribution in [2.24, 2.45) is 4.99 Å². The van der Waals surface area contributed by atoms with Gasteiger partial charge >= 0.3 is 6.18 Å². The van der Waals surface area contributed by atoms with E-state index in [0.717, 1.165) is 30.8 Å². The molecular weight excluding hydrogens is 377 g/mol. The molecule has 0 saturated carbocycles. The number of amidine groups is 1. The van der Waals surface area contributed by atoms with Crippen LogP contribution in [0.4, 0.5) is 30.2 Å². The van der Waals surface area contributed by atoms with Crippen molar-refractivity contribution in [1.82, 2.24) is 10.2 Å². The van der Waals surface area contributed by atoms with Crippen molar-refractivity contribution in [3.05, 3.63) is 52.5 Å². The van der Waals surface area contributed by atoms with Gasteiger partial charge < -0.3 is 15.5 Å². The second-order valence-corrected chi connectivity index (χ2v) is 6.69. The van der Waals surface area contributed by atoms with Crippen LogP contribution < -0.4 is 10.6 Å². The predicted octanol–water partition coefficient (Wildman–Crippen LogP) is 5.04. The number of hydrogen-bond acceptors (Lipinski definition) is 4. The number of likely N-dealkylation sites (N-methyl/N-ethyl adjacent to an activating group) is 2. The SMILES string of the molecule is CCNCCN(C)C1=Nc2cc(C(F)(F)F)ccc2Nc2cc(Cl)ccc21. The maximum atomic E-state index is 13.1. The first-order chi connectivity index (χ1) is 12.8. The number of hydrogen-bond donors (Lipinski definition) is 2. The largest absolute Gasteiger partial charge is 0.416 e. The Morgan fingerprint density at radius 2 is 1.93 bits per heavy atom. The summed E-state index contributed by atoms with van der Waals surface area (Å²) < 4.78 is 39.4. The predicted molar refractivity (Wildman–Crippen MR) is 104 cm³/mol. The molecule has 144 valence electrons. The summed E-state index contributed by atoms with van der Waals surface area (Å²) in [5.74, 6) is 0.588. The lowest BCUT2D eigenvalue weighted by atomic mass is 10.1. The van der Waals surface area contributed by atoms with Crippen molar-refractivity contribution < 1.29 is 13.2 Å². The molecule has 0 bridgehead atoms. The standard InChI is InChI=1S/C19H20ClF3N4/c1-3-24-8-9-27(2)18-14-6-5-13(20)11-16(14)25-15-7-4-12(19(21,22)23)10-17(15)26-18/h4-7,10-11,24-25H,3,8-9H2,1-2H3. The van der Waals surface area contributed by atoms with Crippen molar-refractivity contribution >= 4 is 34.5 Å². The summed E-state index contributed by atoms with van der Waals surface area (Å²) in [6, 6.07) is 8.82. The van der Waals surface area contributed by atoms with Gasteiger partial charge in [-0.3, -0.25) is 0 Å². The highest BCUT2D eigenvalue weighted by Crippen LogP contribution is 2.39. The van der Waals surface area contributed by atoms with Gasteiger partial charge in [-0.2, -0.15) is 13.2 Å². The fraction of sp³-hybridized carbons (Fsp3) is 0.316. The Morgan fingerprint density at radius 1 is 1.15 bits per heavy atom. The summed E-state index contributed by atoms with van der Waals surface area (Å²) in [5, 5.41) is 6.93. The van der Waals surface area contributed by atoms with Gasteiger partial charge in [0.2, 0.25) is 0 Å². The Labute approximate surface area is 161 Å². The Morgan fingerprint density at radius 3 is 2.63 bits per heavy atom. The second-order valence-electron chi connectivity index (χ2n) is 6.26. The number of rotatable bonds is 4. The van der Waals surface area contributed by atoms with Crippen molar-refractivity contribution in [3.63, 3.8) is 0 Å². The van der Waals surface area contributed by atoms with Crippen LogP contribution in [-0.2, 0) is 6.18 Å². The molecule has 1 aliphatic heterocycles. The topological polar surface area (TPSA) is 39.7 Å². The summed E-state index contributed by atoms with van der Waals surface area (Å²) in [7, 11) is 1.87. The highest BCUT2D eigenvalue weighted by Gasteiger charge is 2.31. The van der Waals surface area contributed by atoms with E-state index in [1.807, 2.05) is 24.9 Å². The molecule has 3 rings (SSSR count). The fourth-order valence-corrected chi connectivity index (χ4v) is 3.03. The molecule has 0 saturated heterocycles. The molecule has 2 aromatic carbocycles. The first-order valence-corrected chi connectivity index (χ1v) is 8.96. The van der Waals surface area contributed by atoms with Crippen LogP contribution in [0.25, 0.3) is 0 Å². The zero-order chi connectivity index (χ0) is 19.6. The monoisotopic (exact) mass is 396 g/mol. The molecule has 27 heavy (non-hydrogen) atoms. The summed E-state index contributed by atoms with van der Waals surface area (Å²) in [4.78, 5) is 6.50. The van der Waals surface area contributed by atoms with Crippen LogP contribution in [0.2, 0.25) is 5.02 Å². The van der Waals surface area contributed by atoms with E-state index in [-0.39, 0.29) is 5.69 Å². The Bertz CT molecular complexity index is 865. The minimum atomic E-state index is -4.43. The van der Waals surface area contributed by atoms with E-state index < -0.39 is 11.7 Å². The Kier molecular flexibility index (Phi) is 5.62. The number of aliphatic imine (C=N–C) groups is 1. The highest BCUT2D eigenvalue weighted by molar-refractivity contribution is 6.31. The van der Waals surface area contributed by atoms with Crippen molar-refractivity contribution in [1.29, 1.82) is 0 Å². The first-order valence-electron chi connectivity index (χ1n) is 8.58. The molecule has 0 spiro atoms. The fourth-order valence-electron chi connectivity index (χ4n) is 2.86. The molecule has 1 aliphatic rings. The number of nitrogens with one attached hydrogen (secondary N) is 2. The molecule has 2 aromatic rings. The molecular formula is C19H20ClF3N4. The van der Waals surface area contributed by atoms with Gasteiger partial charge in [-0.15, -0.1) is 0 Å². The van der Waals surface area contributed by atoms with Crippen LogP contribution in [-0.4, -0.2) is 37.4 Å². The van der Waals surface area contributed by atoms with Gasteiger partial charge in [0.15, 0.2) is 0 Å². The van der Waals surface area contributed by atoms with Crippen LogP contribution in [0.5, 0.6) is 0 Å². The van der Waals surface area contributed by atoms with Gasteiger partial charge in [0.1, 0.15) is 5.84 Å². The molecule has 0 unspecified atom stereocenters. The smallest absolute Gasteiger partial charge is 0.358 e. The van der Waals surface area contributed by atoms with Crippen molar-refractivity contribution in [2.75, 3.05) is 32.0 Å². The summed E-state index contributed by atoms with van der Waals surface area (Å²) in [6.07, 6.45) is -4.43. The zero-order valence-corrected chi connectivity index (χ0v) is 15.7. The average molecular weight is 397 g/mol. The number of fused-ring (bicyclic) bond motifs is 2. The molecule has 8 heteroatoms. The van der Waals surface area contributed by atoms with E-state index in [2.05, 4.69) is 15.6 Å². The lowest BCUT2D eigenvalue weighted by Gasteiger charge is -2.22. The van der Waals surface area contributed by atoms with E-state index in [1.165, 1.54) is 6.07 Å². The molecule has 0 atom stereocenters. The lowest BCUT2D eigenvalue weighted by molar-refractivity contribution is -0.137. The van der Waals surface area contributed by atoms with Gasteiger partial charge in [0, 0.05) is 30.7 Å². The number of anilines is 2. The van der Waals surface area contributed by atoms with Gasteiger partial charge in [0.25, 0.3) is 0 Å². The maximum absolute atomic E-state index is 13.1. The molecule has 0 amide bonds. The second kappa shape index (κ2) is 7.78. The molecule has 1 heterocycles. The van der Waals surface area contributed by atoms with E-state index in [9.17, 15) is 13.2 Å². The van der Waals surface area contributed by atoms with Crippen LogP contribution in [0.15, 0.2) is 41.4 Å². The third-order valence-electron chi connectivity index (χ3n) is 4.28. The van der Waals surface area contributed by atoms with E-state index in [1.54, 1.807) is 12.1 Å². The zero-order valence-electron chi connectivity index (χ0n) is 15.0. The van der Waals surface area contributed by atoms with Crippen LogP contribution in [0, 0.1) is 0 Å². The maximum Gasteiger partial charge on any atom is 0.416 e. The molecule has 0 aromatic heterocycles. The Balaban J connectivity index is 2.09. The third-order valence-corrected chi connectivity index (χ3v) is 4.51. The number of nitrogens with zero attached hydrogens (tertiary/aromatic N) is 2. The normalized spacial score (nSPS) is 13.2. The van der Waals surface area contributed by atoms with E-state index in [4.69, 9.17) is 11.6 Å². The Hall–Kier alpha value is -2.25. The third kappa shape index (κ3) is 4.36. The van der Waals surface area contributed by atoms with E-state index in [0.29, 0.717) is 28.8 Å². The van der Waals surface area contributed by atoms with Gasteiger partial charge in [0.05, 0.1) is 22.6 Å². The number of alkyl halides is 3. The quantitative estimate of drug-likeness (QED) is 0.711. The highest BCUT2D eigenvalue weighted by atomic mass is 35.5. The molecule has 4 nitrogen and oxygen atoms in total. The van der Waals surface area contributed by atoms with Gasteiger partial charge in [-0.05, 0) is 42.9 Å². The first kappa shape index (κ1) is 19.5. The molecule has 0 fully saturated rings. The van der Waals surface area contributed by atoms with E-state index >= 15 is 0 Å². The summed E-state index contributed by atoms with van der Waals surface area (Å²) in [5.41, 5.74) is 1.49. The number of benzene rings is 2. The number of halogens is 4. The molecule has 2 N–H and O–H groups in total. The minimum absolute atomic E-state index is 0.238. The van der Waals surface area contributed by atoms with Crippen LogP contribution in [0.3, 0.4) is 0 Å². The summed E-state index contributed by atoms with van der Waals surface area (Å²) >= 11 is 6.12.